The molecule has 0 fully saturated rings. The van der Waals surface area contributed by atoms with Gasteiger partial charge in [-0.15, -0.1) is 13.2 Å². The fraction of sp³-hybridized carbons (Fsp3) is 0.0714. The largest absolute Gasteiger partial charge is 0.573 e. The second kappa shape index (κ2) is 6.34. The van der Waals surface area contributed by atoms with Gasteiger partial charge < -0.3 is 15.2 Å². The summed E-state index contributed by atoms with van der Waals surface area (Å²) in [6, 6.07) is 7.13. The zero-order valence-electron chi connectivity index (χ0n) is 11.3. The molecule has 23 heavy (non-hydrogen) atoms. The Balaban J connectivity index is 2.22. The Kier molecular flexibility index (Phi) is 4.49. The second-order valence-corrected chi connectivity index (χ2v) is 4.16. The molecule has 0 unspecified atom stereocenters. The number of nitrogens with two attached hydrogens (primary N) is 1. The van der Waals surface area contributed by atoms with Gasteiger partial charge in [-0.3, -0.25) is 0 Å². The van der Waals surface area contributed by atoms with Gasteiger partial charge in [-0.1, -0.05) is 12.1 Å². The lowest BCUT2D eigenvalue weighted by Crippen LogP contribution is -2.20. The number of benzene rings is 1. The molecule has 1 aromatic heterocycles. The number of ether oxygens (including phenoxy) is 2. The number of rotatable bonds is 3. The molecule has 0 spiro atoms. The minimum Gasteiger partial charge on any atom is -0.405 e. The molecule has 120 valence electrons. The first-order chi connectivity index (χ1) is 10.8. The lowest BCUT2D eigenvalue weighted by atomic mass is 10.2. The molecule has 2 N–H and O–H groups in total. The number of halogens is 3. The molecule has 0 saturated heterocycles. The van der Waals surface area contributed by atoms with Crippen LogP contribution in [0.1, 0.15) is 20.7 Å². The van der Waals surface area contributed by atoms with Crippen molar-refractivity contribution in [2.45, 2.75) is 6.36 Å². The molecule has 6 nitrogen and oxygen atoms in total. The van der Waals surface area contributed by atoms with E-state index in [1.54, 1.807) is 0 Å². The maximum absolute atomic E-state index is 12.3. The van der Waals surface area contributed by atoms with Gasteiger partial charge in [0.1, 0.15) is 22.7 Å². The minimum atomic E-state index is -4.99. The van der Waals surface area contributed by atoms with Crippen LogP contribution in [0.2, 0.25) is 0 Å². The first-order valence-electron chi connectivity index (χ1n) is 6.09. The van der Waals surface area contributed by atoms with Gasteiger partial charge in [-0.2, -0.15) is 0 Å². The lowest BCUT2D eigenvalue weighted by molar-refractivity contribution is -0.274. The number of carbonyl (C=O) groups is 2. The van der Waals surface area contributed by atoms with Gasteiger partial charge in [-0.05, 0) is 24.3 Å². The number of pyridine rings is 1. The number of alkyl halides is 3. The molecule has 0 saturated carbocycles. The summed E-state index contributed by atoms with van der Waals surface area (Å²) >= 11 is 0. The van der Waals surface area contributed by atoms with E-state index in [1.165, 1.54) is 30.5 Å². The third-order valence-electron chi connectivity index (χ3n) is 2.58. The molecule has 1 heterocycles. The first-order valence-corrected chi connectivity index (χ1v) is 6.09. The second-order valence-electron chi connectivity index (χ2n) is 4.16. The van der Waals surface area contributed by atoms with Crippen molar-refractivity contribution in [1.29, 1.82) is 0 Å². The normalized spacial score (nSPS) is 10.9. The molecular formula is C14H9F3N2O4. The van der Waals surface area contributed by atoms with Crippen LogP contribution in [-0.4, -0.2) is 23.3 Å². The summed E-state index contributed by atoms with van der Waals surface area (Å²) in [5.41, 5.74) is 4.71. The molecule has 2 aromatic rings. The van der Waals surface area contributed by atoms with E-state index in [9.17, 15) is 22.8 Å². The molecule has 0 radical (unpaired) electrons. The average Bonchev–Trinajstić information content (AvgIpc) is 2.46. The Labute approximate surface area is 127 Å². The van der Waals surface area contributed by atoms with Crippen LogP contribution in [0, 0.1) is 0 Å². The van der Waals surface area contributed by atoms with Gasteiger partial charge in [0.05, 0.1) is 0 Å². The first kappa shape index (κ1) is 16.3. The Hall–Kier alpha value is -3.10. The predicted molar refractivity (Wildman–Crippen MR) is 71.5 cm³/mol. The zero-order valence-corrected chi connectivity index (χ0v) is 11.3. The highest BCUT2D eigenvalue weighted by molar-refractivity contribution is 6.05. The van der Waals surface area contributed by atoms with E-state index in [1.807, 2.05) is 0 Å². The molecule has 0 aliphatic carbocycles. The highest BCUT2D eigenvalue weighted by Crippen LogP contribution is 2.27. The van der Waals surface area contributed by atoms with Crippen molar-refractivity contribution in [2.75, 3.05) is 5.73 Å². The van der Waals surface area contributed by atoms with Gasteiger partial charge in [0.15, 0.2) is 0 Å². The van der Waals surface area contributed by atoms with Crippen LogP contribution in [0.5, 0.6) is 5.75 Å². The maximum atomic E-state index is 12.3. The third kappa shape index (κ3) is 4.19. The van der Waals surface area contributed by atoms with Crippen LogP contribution in [0.4, 0.5) is 19.0 Å². The lowest BCUT2D eigenvalue weighted by Gasteiger charge is -2.12. The minimum absolute atomic E-state index is 0.176. The van der Waals surface area contributed by atoms with E-state index in [0.29, 0.717) is 0 Å². The SMILES string of the molecule is Nc1ncccc1C(=O)OC(=O)c1ccccc1OC(F)(F)F. The van der Waals surface area contributed by atoms with Crippen molar-refractivity contribution >= 4 is 17.8 Å². The zero-order chi connectivity index (χ0) is 17.0. The van der Waals surface area contributed by atoms with Gasteiger partial charge >= 0.3 is 18.3 Å². The number of hydrogen-bond acceptors (Lipinski definition) is 6. The van der Waals surface area contributed by atoms with E-state index in [0.717, 1.165) is 12.1 Å². The quantitative estimate of drug-likeness (QED) is 0.688. The summed E-state index contributed by atoms with van der Waals surface area (Å²) in [5.74, 6) is -3.40. The van der Waals surface area contributed by atoms with Crippen molar-refractivity contribution in [2.24, 2.45) is 0 Å². The van der Waals surface area contributed by atoms with Crippen LogP contribution in [-0.2, 0) is 4.74 Å². The molecular weight excluding hydrogens is 317 g/mol. The van der Waals surface area contributed by atoms with E-state index in [-0.39, 0.29) is 11.4 Å². The molecule has 0 bridgehead atoms. The van der Waals surface area contributed by atoms with Gasteiger partial charge in [0, 0.05) is 6.20 Å². The van der Waals surface area contributed by atoms with Crippen LogP contribution < -0.4 is 10.5 Å². The number of aromatic nitrogens is 1. The molecule has 1 aromatic carbocycles. The highest BCUT2D eigenvalue weighted by Gasteiger charge is 2.33. The fourth-order valence-electron chi connectivity index (χ4n) is 1.63. The summed E-state index contributed by atoms with van der Waals surface area (Å²) < 4.78 is 45.1. The average molecular weight is 326 g/mol. The summed E-state index contributed by atoms with van der Waals surface area (Å²) in [4.78, 5) is 27.4. The Morgan fingerprint density at radius 3 is 2.26 bits per heavy atom. The van der Waals surface area contributed by atoms with Crippen molar-refractivity contribution < 1.29 is 32.2 Å². The number of nitrogen functional groups attached to an aromatic ring is 1. The van der Waals surface area contributed by atoms with Crippen molar-refractivity contribution in [3.05, 3.63) is 53.7 Å². The van der Waals surface area contributed by atoms with Crippen LogP contribution in [0.3, 0.4) is 0 Å². The Morgan fingerprint density at radius 2 is 1.61 bits per heavy atom. The predicted octanol–water partition coefficient (Wildman–Crippen LogP) is 2.56. The number of para-hydroxylation sites is 1. The monoisotopic (exact) mass is 326 g/mol. The topological polar surface area (TPSA) is 91.5 Å². The van der Waals surface area contributed by atoms with Gasteiger partial charge in [0.2, 0.25) is 0 Å². The number of carbonyl (C=O) groups excluding carboxylic acids is 2. The van der Waals surface area contributed by atoms with Crippen molar-refractivity contribution in [1.82, 2.24) is 4.98 Å². The van der Waals surface area contributed by atoms with Gasteiger partial charge in [0.25, 0.3) is 0 Å². The molecule has 2 rings (SSSR count). The summed E-state index contributed by atoms with van der Waals surface area (Å²) in [5, 5.41) is 0. The number of nitrogens with zero attached hydrogens (tertiary/aromatic N) is 1. The number of hydrogen-bond donors (Lipinski definition) is 1. The van der Waals surface area contributed by atoms with E-state index >= 15 is 0 Å². The van der Waals surface area contributed by atoms with Crippen LogP contribution >= 0.6 is 0 Å². The molecule has 0 aliphatic rings. The van der Waals surface area contributed by atoms with Gasteiger partial charge in [-0.25, -0.2) is 14.6 Å². The van der Waals surface area contributed by atoms with Crippen LogP contribution in [0.15, 0.2) is 42.6 Å². The smallest absolute Gasteiger partial charge is 0.405 e. The molecule has 0 aliphatic heterocycles. The van der Waals surface area contributed by atoms with E-state index in [2.05, 4.69) is 14.5 Å². The third-order valence-corrected chi connectivity index (χ3v) is 2.58. The van der Waals surface area contributed by atoms with Crippen LogP contribution in [0.25, 0.3) is 0 Å². The number of anilines is 1. The summed E-state index contributed by atoms with van der Waals surface area (Å²) in [6.45, 7) is 0. The maximum Gasteiger partial charge on any atom is 0.573 e. The molecule has 9 heteroatoms. The molecule has 0 amide bonds. The van der Waals surface area contributed by atoms with Crippen molar-refractivity contribution in [3.8, 4) is 5.75 Å². The summed E-state index contributed by atoms with van der Waals surface area (Å²) in [6.07, 6.45) is -3.67. The standard InChI is InChI=1S/C14H9F3N2O4/c15-14(16,17)23-10-6-2-1-4-8(10)12(20)22-13(21)9-5-3-7-19-11(9)18/h1-7H,(H2,18,19). The summed E-state index contributed by atoms with van der Waals surface area (Å²) in [7, 11) is 0. The Morgan fingerprint density at radius 1 is 1.00 bits per heavy atom. The van der Waals surface area contributed by atoms with E-state index in [4.69, 9.17) is 5.73 Å². The molecule has 0 atom stereocenters. The number of esters is 2. The fourth-order valence-corrected chi connectivity index (χ4v) is 1.63. The Bertz CT molecular complexity index is 747. The highest BCUT2D eigenvalue weighted by atomic mass is 19.4. The van der Waals surface area contributed by atoms with Crippen molar-refractivity contribution in [3.63, 3.8) is 0 Å². The van der Waals surface area contributed by atoms with E-state index < -0.39 is 29.6 Å².